The van der Waals surface area contributed by atoms with Gasteiger partial charge < -0.3 is 19.1 Å². The summed E-state index contributed by atoms with van der Waals surface area (Å²) in [4.78, 5) is 11.2. The van der Waals surface area contributed by atoms with Crippen molar-refractivity contribution in [1.82, 2.24) is 0 Å². The summed E-state index contributed by atoms with van der Waals surface area (Å²) < 4.78 is 32.0. The Morgan fingerprint density at radius 3 is 2.41 bits per heavy atom. The summed E-state index contributed by atoms with van der Waals surface area (Å²) in [6.45, 7) is 4.38. The van der Waals surface area contributed by atoms with Crippen LogP contribution >= 0.6 is 0 Å². The minimum Gasteiger partial charge on any atom is -0.494 e. The number of hydrogen-bond acceptors (Lipinski definition) is 5. The molecule has 3 aromatic rings. The summed E-state index contributed by atoms with van der Waals surface area (Å²) in [5, 5.41) is 19.2. The van der Waals surface area contributed by atoms with Crippen LogP contribution in [0, 0.1) is 31.1 Å². The van der Waals surface area contributed by atoms with Crippen molar-refractivity contribution < 1.29 is 28.1 Å². The van der Waals surface area contributed by atoms with Crippen LogP contribution in [-0.2, 0) is 22.3 Å². The van der Waals surface area contributed by atoms with E-state index in [0.717, 1.165) is 57.5 Å². The Labute approximate surface area is 230 Å². The van der Waals surface area contributed by atoms with E-state index in [2.05, 4.69) is 6.07 Å². The van der Waals surface area contributed by atoms with E-state index >= 15 is 0 Å². The first-order valence-electron chi connectivity index (χ1n) is 13.1. The van der Waals surface area contributed by atoms with E-state index in [9.17, 15) is 19.4 Å². The van der Waals surface area contributed by atoms with Gasteiger partial charge in [0, 0.05) is 5.56 Å². The largest absolute Gasteiger partial charge is 0.494 e. The highest BCUT2D eigenvalue weighted by Crippen LogP contribution is 2.48. The maximum atomic E-state index is 11.2. The molecule has 2 N–H and O–H groups in total. The van der Waals surface area contributed by atoms with Gasteiger partial charge in [-0.25, -0.2) is 4.21 Å². The second kappa shape index (κ2) is 11.2. The highest BCUT2D eigenvalue weighted by molar-refractivity contribution is 7.79. The van der Waals surface area contributed by atoms with Gasteiger partial charge in [0.25, 0.3) is 0 Å². The standard InChI is InChI=1S/C31H31NO6S/c1-18-14-23(37-12-3-13-39(35)36)15-19(2)29(18)30-21(17-32)6-9-24-25(30)10-11-28(24)38-22-7-4-20(5-8-22)26-16-27(26)31(33)34/h4-9,14-15,26-28H,3,10-13,16H2,1-2H3,(H,33,34)(H,35,36)/t26-,27+,28-/m1/s1. The molecule has 0 bridgehead atoms. The molecular weight excluding hydrogens is 514 g/mol. The Morgan fingerprint density at radius 1 is 1.08 bits per heavy atom. The minimum atomic E-state index is -1.82. The highest BCUT2D eigenvalue weighted by atomic mass is 32.2. The Kier molecular flexibility index (Phi) is 7.74. The molecule has 4 atom stereocenters. The van der Waals surface area contributed by atoms with Crippen LogP contribution in [0.15, 0.2) is 48.5 Å². The molecule has 5 rings (SSSR count). The van der Waals surface area contributed by atoms with Crippen molar-refractivity contribution in [1.29, 1.82) is 5.26 Å². The van der Waals surface area contributed by atoms with Crippen LogP contribution in [0.4, 0.5) is 0 Å². The van der Waals surface area contributed by atoms with Crippen molar-refractivity contribution in [3.05, 3.63) is 81.9 Å². The van der Waals surface area contributed by atoms with E-state index in [1.54, 1.807) is 0 Å². The van der Waals surface area contributed by atoms with Crippen molar-refractivity contribution >= 4 is 17.0 Å². The molecule has 8 heteroatoms. The van der Waals surface area contributed by atoms with Crippen molar-refractivity contribution in [3.8, 4) is 28.7 Å². The quantitative estimate of drug-likeness (QED) is 0.234. The first-order chi connectivity index (χ1) is 18.8. The first-order valence-corrected chi connectivity index (χ1v) is 14.4. The number of ether oxygens (including phenoxy) is 2. The van der Waals surface area contributed by atoms with E-state index in [-0.39, 0.29) is 23.7 Å². The van der Waals surface area contributed by atoms with Crippen LogP contribution < -0.4 is 9.47 Å². The van der Waals surface area contributed by atoms with Gasteiger partial charge >= 0.3 is 5.97 Å². The number of aryl methyl sites for hydroxylation is 2. The van der Waals surface area contributed by atoms with E-state index in [4.69, 9.17) is 14.0 Å². The van der Waals surface area contributed by atoms with Crippen molar-refractivity contribution in [3.63, 3.8) is 0 Å². The van der Waals surface area contributed by atoms with Crippen molar-refractivity contribution in [2.24, 2.45) is 5.92 Å². The third kappa shape index (κ3) is 5.70. The SMILES string of the molecule is Cc1cc(OCCCS(=O)O)cc(C)c1-c1c(C#N)ccc2c1CC[C@H]2Oc1ccc([C@H]2C[C@@H]2C(=O)O)cc1. The van der Waals surface area contributed by atoms with Gasteiger partial charge in [-0.15, -0.1) is 0 Å². The van der Waals surface area contributed by atoms with E-state index in [0.29, 0.717) is 30.8 Å². The number of rotatable bonds is 10. The number of fused-ring (bicyclic) bond motifs is 1. The molecule has 0 spiro atoms. The number of benzene rings is 3. The maximum absolute atomic E-state index is 11.2. The zero-order chi connectivity index (χ0) is 27.7. The van der Waals surface area contributed by atoms with E-state index in [1.165, 1.54) is 0 Å². The fraction of sp³-hybridized carbons (Fsp3) is 0.355. The van der Waals surface area contributed by atoms with Crippen LogP contribution in [0.25, 0.3) is 11.1 Å². The van der Waals surface area contributed by atoms with Gasteiger partial charge in [-0.1, -0.05) is 18.2 Å². The molecular formula is C31H31NO6S. The Balaban J connectivity index is 1.38. The van der Waals surface area contributed by atoms with E-state index in [1.807, 2.05) is 62.4 Å². The van der Waals surface area contributed by atoms with Gasteiger partial charge in [-0.2, -0.15) is 5.26 Å². The number of carboxylic acids is 1. The fourth-order valence-electron chi connectivity index (χ4n) is 5.74. The molecule has 1 saturated carbocycles. The number of carboxylic acid groups (broad SMARTS) is 1. The molecule has 0 saturated heterocycles. The van der Waals surface area contributed by atoms with Gasteiger partial charge in [-0.3, -0.25) is 4.79 Å². The van der Waals surface area contributed by atoms with Crippen molar-refractivity contribution in [2.75, 3.05) is 12.4 Å². The van der Waals surface area contributed by atoms with Crippen molar-refractivity contribution in [2.45, 2.75) is 51.6 Å². The summed E-state index contributed by atoms with van der Waals surface area (Å²) in [6, 6.07) is 17.9. The molecule has 1 unspecified atom stereocenters. The Bertz CT molecular complexity index is 1450. The summed E-state index contributed by atoms with van der Waals surface area (Å²) in [5.74, 6) is 0.696. The van der Waals surface area contributed by atoms with Gasteiger partial charge in [0.2, 0.25) is 0 Å². The molecule has 7 nitrogen and oxygen atoms in total. The lowest BCUT2D eigenvalue weighted by Gasteiger charge is -2.19. The molecule has 0 heterocycles. The lowest BCUT2D eigenvalue weighted by Crippen LogP contribution is -2.05. The second-order valence-corrected chi connectivity index (χ2v) is 11.4. The monoisotopic (exact) mass is 545 g/mol. The number of nitrogens with zero attached hydrogens (tertiary/aromatic N) is 1. The number of aliphatic carboxylic acids is 1. The highest BCUT2D eigenvalue weighted by Gasteiger charge is 2.44. The summed E-state index contributed by atoms with van der Waals surface area (Å²) in [7, 11) is 0. The normalized spacial score (nSPS) is 20.1. The molecule has 2 aliphatic rings. The van der Waals surface area contributed by atoms with Gasteiger partial charge in [-0.05, 0) is 109 Å². The maximum Gasteiger partial charge on any atom is 0.307 e. The molecule has 0 aliphatic heterocycles. The predicted molar refractivity (Wildman–Crippen MR) is 148 cm³/mol. The fourth-order valence-corrected chi connectivity index (χ4v) is 6.10. The molecule has 3 aromatic carbocycles. The average molecular weight is 546 g/mol. The topological polar surface area (TPSA) is 117 Å². The van der Waals surface area contributed by atoms with Gasteiger partial charge in [0.15, 0.2) is 11.1 Å². The predicted octanol–water partition coefficient (Wildman–Crippen LogP) is 6.09. The average Bonchev–Trinajstić information content (AvgIpc) is 3.61. The Hall–Kier alpha value is -3.67. The van der Waals surface area contributed by atoms with Crippen LogP contribution in [-0.4, -0.2) is 32.2 Å². The van der Waals surface area contributed by atoms with Crippen LogP contribution in [0.2, 0.25) is 0 Å². The van der Waals surface area contributed by atoms with Crippen LogP contribution in [0.5, 0.6) is 11.5 Å². The number of nitriles is 1. The van der Waals surface area contributed by atoms with E-state index < -0.39 is 17.0 Å². The number of hydrogen-bond donors (Lipinski definition) is 2. The Morgan fingerprint density at radius 2 is 1.79 bits per heavy atom. The third-order valence-electron chi connectivity index (χ3n) is 7.66. The first kappa shape index (κ1) is 26.9. The molecule has 39 heavy (non-hydrogen) atoms. The van der Waals surface area contributed by atoms with Gasteiger partial charge in [0.1, 0.15) is 17.6 Å². The lowest BCUT2D eigenvalue weighted by molar-refractivity contribution is -0.138. The molecule has 2 aliphatic carbocycles. The molecule has 202 valence electrons. The molecule has 0 amide bonds. The zero-order valence-corrected chi connectivity index (χ0v) is 22.8. The summed E-state index contributed by atoms with van der Waals surface area (Å²) >= 11 is -1.82. The second-order valence-electron chi connectivity index (χ2n) is 10.3. The lowest BCUT2D eigenvalue weighted by atomic mass is 9.87. The minimum absolute atomic E-state index is 0.0880. The zero-order valence-electron chi connectivity index (χ0n) is 22.0. The molecule has 1 fully saturated rings. The third-order valence-corrected chi connectivity index (χ3v) is 8.29. The van der Waals surface area contributed by atoms with Crippen LogP contribution in [0.3, 0.4) is 0 Å². The molecule has 0 aromatic heterocycles. The summed E-state index contributed by atoms with van der Waals surface area (Å²) in [5.41, 5.74) is 7.84. The van der Waals surface area contributed by atoms with Gasteiger partial charge in [0.05, 0.1) is 29.9 Å². The number of carbonyl (C=O) groups is 1. The summed E-state index contributed by atoms with van der Waals surface area (Å²) in [6.07, 6.45) is 2.63. The van der Waals surface area contributed by atoms with Crippen LogP contribution in [0.1, 0.15) is 64.7 Å². The molecule has 0 radical (unpaired) electrons. The smallest absolute Gasteiger partial charge is 0.307 e.